The van der Waals surface area contributed by atoms with Crippen molar-refractivity contribution >= 4 is 17.7 Å². The van der Waals surface area contributed by atoms with E-state index in [1.54, 1.807) is 18.7 Å². The minimum absolute atomic E-state index is 0.424. The Balaban J connectivity index is 3.21. The number of hydrogen-bond acceptors (Lipinski definition) is 3. The van der Waals surface area contributed by atoms with Crippen LogP contribution in [0.4, 0.5) is 0 Å². The number of aliphatic carboxylic acids is 1. The molecule has 1 atom stereocenters. The molecule has 4 heteroatoms. The molecule has 60 valence electrons. The molecule has 0 radical (unpaired) electrons. The Kier molecular flexibility index (Phi) is 5.43. The first-order valence-electron chi connectivity index (χ1n) is 3.13. The van der Waals surface area contributed by atoms with E-state index in [1.165, 1.54) is 0 Å². The summed E-state index contributed by atoms with van der Waals surface area (Å²) < 4.78 is 0. The Morgan fingerprint density at radius 1 is 1.80 bits per heavy atom. The average molecular weight is 163 g/mol. The average Bonchev–Trinajstić information content (AvgIpc) is 1.88. The second kappa shape index (κ2) is 5.56. The molecule has 0 heterocycles. The van der Waals surface area contributed by atoms with E-state index < -0.39 is 12.0 Å². The maximum absolute atomic E-state index is 10.2. The zero-order chi connectivity index (χ0) is 7.98. The minimum atomic E-state index is -0.791. The molecule has 0 fully saturated rings. The summed E-state index contributed by atoms with van der Waals surface area (Å²) in [6.07, 6.45) is 1.99. The second-order valence-electron chi connectivity index (χ2n) is 2.01. The molecule has 0 bridgehead atoms. The van der Waals surface area contributed by atoms with Gasteiger partial charge in [0.25, 0.3) is 0 Å². The van der Waals surface area contributed by atoms with Crippen molar-refractivity contribution < 1.29 is 9.90 Å². The van der Waals surface area contributed by atoms with Crippen LogP contribution >= 0.6 is 11.8 Å². The summed E-state index contributed by atoms with van der Waals surface area (Å²) in [7, 11) is 0. The Labute approximate surface area is 65.2 Å². The molecule has 10 heavy (non-hydrogen) atoms. The molecule has 0 aliphatic carbocycles. The zero-order valence-electron chi connectivity index (χ0n) is 6.26. The van der Waals surface area contributed by atoms with Gasteiger partial charge in [0, 0.05) is 12.3 Å². The first-order valence-corrected chi connectivity index (χ1v) is 4.53. The third-order valence-corrected chi connectivity index (χ3v) is 1.74. The number of thioether (sulfide) groups is 1. The van der Waals surface area contributed by atoms with Crippen LogP contribution in [0.2, 0.25) is 0 Å². The van der Waals surface area contributed by atoms with Crippen LogP contribution in [0.15, 0.2) is 0 Å². The van der Waals surface area contributed by atoms with Crippen LogP contribution in [0, 0.1) is 0 Å². The van der Waals surface area contributed by atoms with Gasteiger partial charge < -0.3 is 10.4 Å². The molecule has 0 aliphatic rings. The lowest BCUT2D eigenvalue weighted by Crippen LogP contribution is -2.34. The monoisotopic (exact) mass is 163 g/mol. The molecule has 0 saturated carbocycles. The summed E-state index contributed by atoms with van der Waals surface area (Å²) in [4.78, 5) is 10.2. The molecule has 0 aromatic heterocycles. The summed E-state index contributed by atoms with van der Waals surface area (Å²) in [5.74, 6) is 0.165. The summed E-state index contributed by atoms with van der Waals surface area (Å²) in [6.45, 7) is 2.40. The highest BCUT2D eigenvalue weighted by Gasteiger charge is 2.07. The van der Waals surface area contributed by atoms with Gasteiger partial charge in [0.1, 0.15) is 6.04 Å². The van der Waals surface area contributed by atoms with Gasteiger partial charge in [-0.1, -0.05) is 0 Å². The molecule has 0 rings (SSSR count). The molecule has 0 unspecified atom stereocenters. The molecule has 0 aliphatic heterocycles. The van der Waals surface area contributed by atoms with Gasteiger partial charge in [-0.15, -0.1) is 0 Å². The van der Waals surface area contributed by atoms with Crippen molar-refractivity contribution in [1.29, 1.82) is 0 Å². The number of carboxylic acid groups (broad SMARTS) is 1. The van der Waals surface area contributed by atoms with Gasteiger partial charge >= 0.3 is 5.97 Å². The first-order chi connectivity index (χ1) is 4.68. The lowest BCUT2D eigenvalue weighted by Gasteiger charge is -2.06. The van der Waals surface area contributed by atoms with Gasteiger partial charge in [-0.2, -0.15) is 11.8 Å². The van der Waals surface area contributed by atoms with Gasteiger partial charge in [-0.3, -0.25) is 4.79 Å². The fourth-order valence-corrected chi connectivity index (χ4v) is 0.787. The molecule has 0 spiro atoms. The Bertz CT molecular complexity index is 108. The Morgan fingerprint density at radius 2 is 2.40 bits per heavy atom. The van der Waals surface area contributed by atoms with Crippen LogP contribution < -0.4 is 5.32 Å². The van der Waals surface area contributed by atoms with Crippen LogP contribution in [0.1, 0.15) is 6.92 Å². The normalized spacial score (nSPS) is 13.0. The smallest absolute Gasteiger partial charge is 0.320 e. The van der Waals surface area contributed by atoms with Gasteiger partial charge in [0.15, 0.2) is 0 Å². The van der Waals surface area contributed by atoms with Crippen LogP contribution in [0.25, 0.3) is 0 Å². The number of hydrogen-bond donors (Lipinski definition) is 2. The Hall–Kier alpha value is -0.220. The molecule has 0 aromatic carbocycles. The lowest BCUT2D eigenvalue weighted by atomic mass is 10.3. The quantitative estimate of drug-likeness (QED) is 0.576. The largest absolute Gasteiger partial charge is 0.480 e. The number of nitrogens with one attached hydrogen (secondary N) is 1. The van der Waals surface area contributed by atoms with Crippen LogP contribution in [-0.2, 0) is 4.79 Å². The third-order valence-electron chi connectivity index (χ3n) is 1.13. The maximum atomic E-state index is 10.2. The van der Waals surface area contributed by atoms with E-state index in [-0.39, 0.29) is 0 Å². The van der Waals surface area contributed by atoms with E-state index >= 15 is 0 Å². The standard InChI is InChI=1S/C6H13NO2S/c1-5(6(8)9)7-3-4-10-2/h5,7H,3-4H2,1-2H3,(H,8,9)/t5-/m0/s1. The molecular formula is C6H13NO2S. The van der Waals surface area contributed by atoms with E-state index in [4.69, 9.17) is 5.11 Å². The van der Waals surface area contributed by atoms with Crippen molar-refractivity contribution in [2.24, 2.45) is 0 Å². The topological polar surface area (TPSA) is 49.3 Å². The van der Waals surface area contributed by atoms with Crippen molar-refractivity contribution in [3.8, 4) is 0 Å². The minimum Gasteiger partial charge on any atom is -0.480 e. The highest BCUT2D eigenvalue weighted by Crippen LogP contribution is 1.88. The fraction of sp³-hybridized carbons (Fsp3) is 0.833. The van der Waals surface area contributed by atoms with Crippen LogP contribution in [0.5, 0.6) is 0 Å². The predicted octanol–water partition coefficient (Wildman–Crippen LogP) is 0.412. The van der Waals surface area contributed by atoms with E-state index in [1.807, 2.05) is 6.26 Å². The predicted molar refractivity (Wildman–Crippen MR) is 43.5 cm³/mol. The highest BCUT2D eigenvalue weighted by molar-refractivity contribution is 7.98. The molecule has 0 amide bonds. The number of carboxylic acids is 1. The number of rotatable bonds is 5. The highest BCUT2D eigenvalue weighted by atomic mass is 32.2. The lowest BCUT2D eigenvalue weighted by molar-refractivity contribution is -0.138. The molecular weight excluding hydrogens is 150 g/mol. The molecule has 0 aromatic rings. The van der Waals surface area contributed by atoms with Gasteiger partial charge in [0.2, 0.25) is 0 Å². The summed E-state index contributed by atoms with van der Waals surface area (Å²) in [6, 6.07) is -0.424. The summed E-state index contributed by atoms with van der Waals surface area (Å²) in [5.41, 5.74) is 0. The van der Waals surface area contributed by atoms with Gasteiger partial charge in [-0.25, -0.2) is 0 Å². The molecule has 3 nitrogen and oxygen atoms in total. The van der Waals surface area contributed by atoms with Gasteiger partial charge in [-0.05, 0) is 13.2 Å². The number of carbonyl (C=O) groups is 1. The third kappa shape index (κ3) is 4.64. The van der Waals surface area contributed by atoms with Crippen molar-refractivity contribution in [2.75, 3.05) is 18.6 Å². The SMILES string of the molecule is CSCCN[C@@H](C)C(=O)O. The maximum Gasteiger partial charge on any atom is 0.320 e. The van der Waals surface area contributed by atoms with Crippen molar-refractivity contribution in [1.82, 2.24) is 5.32 Å². The van der Waals surface area contributed by atoms with E-state index in [2.05, 4.69) is 5.32 Å². The van der Waals surface area contributed by atoms with Crippen LogP contribution in [-0.4, -0.2) is 35.7 Å². The van der Waals surface area contributed by atoms with E-state index in [0.717, 1.165) is 12.3 Å². The molecule has 2 N–H and O–H groups in total. The summed E-state index contributed by atoms with van der Waals surface area (Å²) in [5, 5.41) is 11.3. The van der Waals surface area contributed by atoms with E-state index in [0.29, 0.717) is 0 Å². The van der Waals surface area contributed by atoms with Crippen LogP contribution in [0.3, 0.4) is 0 Å². The Morgan fingerprint density at radius 3 is 2.80 bits per heavy atom. The zero-order valence-corrected chi connectivity index (χ0v) is 7.07. The second-order valence-corrected chi connectivity index (χ2v) is 2.99. The van der Waals surface area contributed by atoms with Gasteiger partial charge in [0.05, 0.1) is 0 Å². The van der Waals surface area contributed by atoms with E-state index in [9.17, 15) is 4.79 Å². The molecule has 0 saturated heterocycles. The van der Waals surface area contributed by atoms with Crippen molar-refractivity contribution in [2.45, 2.75) is 13.0 Å². The summed E-state index contributed by atoms with van der Waals surface area (Å²) >= 11 is 1.70. The first kappa shape index (κ1) is 9.78. The van der Waals surface area contributed by atoms with Crippen molar-refractivity contribution in [3.05, 3.63) is 0 Å². The fourth-order valence-electron chi connectivity index (χ4n) is 0.465. The van der Waals surface area contributed by atoms with Crippen molar-refractivity contribution in [3.63, 3.8) is 0 Å².